The van der Waals surface area contributed by atoms with Crippen molar-refractivity contribution in [1.82, 2.24) is 0 Å². The third-order valence-corrected chi connectivity index (χ3v) is 3.28. The molecular formula is C14H12BrFN2O2. The van der Waals surface area contributed by atoms with Crippen molar-refractivity contribution in [3.05, 3.63) is 52.3 Å². The van der Waals surface area contributed by atoms with E-state index in [1.165, 1.54) is 19.2 Å². The summed E-state index contributed by atoms with van der Waals surface area (Å²) < 4.78 is 19.2. The van der Waals surface area contributed by atoms with Gasteiger partial charge in [0.1, 0.15) is 11.6 Å². The molecule has 2 rings (SSSR count). The first-order valence-corrected chi connectivity index (χ1v) is 6.51. The summed E-state index contributed by atoms with van der Waals surface area (Å²) >= 11 is 3.04. The fourth-order valence-electron chi connectivity index (χ4n) is 1.69. The molecule has 1 amide bonds. The van der Waals surface area contributed by atoms with Gasteiger partial charge in [-0.2, -0.15) is 0 Å². The van der Waals surface area contributed by atoms with E-state index in [1.54, 1.807) is 24.3 Å². The third kappa shape index (κ3) is 2.91. The Morgan fingerprint density at radius 3 is 2.80 bits per heavy atom. The number of carbonyl (C=O) groups is 1. The number of halogens is 2. The van der Waals surface area contributed by atoms with Crippen molar-refractivity contribution < 1.29 is 13.9 Å². The minimum atomic E-state index is -0.618. The molecule has 0 aliphatic heterocycles. The van der Waals surface area contributed by atoms with Gasteiger partial charge in [-0.25, -0.2) is 4.39 Å². The Morgan fingerprint density at radius 2 is 2.10 bits per heavy atom. The summed E-state index contributed by atoms with van der Waals surface area (Å²) in [5, 5.41) is 2.58. The molecule has 0 heterocycles. The lowest BCUT2D eigenvalue weighted by Crippen LogP contribution is -2.14. The van der Waals surface area contributed by atoms with Crippen molar-refractivity contribution in [3.63, 3.8) is 0 Å². The van der Waals surface area contributed by atoms with Crippen LogP contribution in [0.1, 0.15) is 10.4 Å². The van der Waals surface area contributed by atoms with Crippen LogP contribution in [0.5, 0.6) is 5.75 Å². The van der Waals surface area contributed by atoms with Crippen molar-refractivity contribution in [2.24, 2.45) is 0 Å². The lowest BCUT2D eigenvalue weighted by molar-refractivity contribution is 0.102. The molecular weight excluding hydrogens is 327 g/mol. The molecule has 2 aromatic rings. The molecule has 20 heavy (non-hydrogen) atoms. The number of hydrogen-bond acceptors (Lipinski definition) is 3. The minimum Gasteiger partial charge on any atom is -0.495 e. The zero-order chi connectivity index (χ0) is 14.7. The van der Waals surface area contributed by atoms with Gasteiger partial charge in [-0.05, 0) is 46.3 Å². The lowest BCUT2D eigenvalue weighted by Gasteiger charge is -2.11. The first-order valence-electron chi connectivity index (χ1n) is 5.72. The van der Waals surface area contributed by atoms with Crippen molar-refractivity contribution in [3.8, 4) is 5.75 Å². The average Bonchev–Trinajstić information content (AvgIpc) is 2.42. The smallest absolute Gasteiger partial charge is 0.258 e. The Morgan fingerprint density at radius 1 is 1.35 bits per heavy atom. The van der Waals surface area contributed by atoms with Gasteiger partial charge in [-0.1, -0.05) is 6.07 Å². The summed E-state index contributed by atoms with van der Waals surface area (Å²) in [4.78, 5) is 12.1. The van der Waals surface area contributed by atoms with Gasteiger partial charge in [0.05, 0.1) is 22.8 Å². The Bertz CT molecular complexity index is 662. The maximum Gasteiger partial charge on any atom is 0.258 e. The van der Waals surface area contributed by atoms with Crippen LogP contribution in [0.4, 0.5) is 15.8 Å². The van der Waals surface area contributed by atoms with Crippen molar-refractivity contribution in [1.29, 1.82) is 0 Å². The molecule has 0 atom stereocenters. The Hall–Kier alpha value is -2.08. The van der Waals surface area contributed by atoms with Crippen LogP contribution in [-0.4, -0.2) is 13.0 Å². The molecule has 0 aliphatic carbocycles. The number of nitrogens with one attached hydrogen (secondary N) is 1. The topological polar surface area (TPSA) is 64.3 Å². The molecule has 0 aliphatic rings. The van der Waals surface area contributed by atoms with Gasteiger partial charge in [0.2, 0.25) is 0 Å². The first-order chi connectivity index (χ1) is 9.52. The summed E-state index contributed by atoms with van der Waals surface area (Å²) in [7, 11) is 1.47. The fraction of sp³-hybridized carbons (Fsp3) is 0.0714. The predicted molar refractivity (Wildman–Crippen MR) is 79.5 cm³/mol. The molecule has 0 aromatic heterocycles. The van der Waals surface area contributed by atoms with Gasteiger partial charge in [0, 0.05) is 5.69 Å². The second-order valence-electron chi connectivity index (χ2n) is 4.02. The summed E-state index contributed by atoms with van der Waals surface area (Å²) in [6, 6.07) is 9.32. The molecule has 0 unspecified atom stereocenters. The highest BCUT2D eigenvalue weighted by Gasteiger charge is 2.15. The van der Waals surface area contributed by atoms with E-state index in [0.717, 1.165) is 0 Å². The van der Waals surface area contributed by atoms with Crippen LogP contribution in [0, 0.1) is 5.82 Å². The molecule has 0 radical (unpaired) electrons. The summed E-state index contributed by atoms with van der Waals surface area (Å²) in [6.07, 6.45) is 0. The Labute approximate surface area is 123 Å². The van der Waals surface area contributed by atoms with Crippen LogP contribution in [0.3, 0.4) is 0 Å². The lowest BCUT2D eigenvalue weighted by atomic mass is 10.2. The average molecular weight is 339 g/mol. The highest BCUT2D eigenvalue weighted by atomic mass is 79.9. The van der Waals surface area contributed by atoms with Gasteiger partial charge in [0.15, 0.2) is 0 Å². The highest BCUT2D eigenvalue weighted by molar-refractivity contribution is 9.10. The second kappa shape index (κ2) is 5.92. The molecule has 4 nitrogen and oxygen atoms in total. The Kier molecular flexibility index (Phi) is 4.24. The van der Waals surface area contributed by atoms with Crippen LogP contribution in [0.15, 0.2) is 40.9 Å². The maximum atomic E-state index is 13.9. The van der Waals surface area contributed by atoms with Crippen LogP contribution >= 0.6 is 15.9 Å². The predicted octanol–water partition coefficient (Wildman–Crippen LogP) is 3.43. The zero-order valence-electron chi connectivity index (χ0n) is 10.6. The first kappa shape index (κ1) is 14.3. The van der Waals surface area contributed by atoms with E-state index in [9.17, 15) is 9.18 Å². The van der Waals surface area contributed by atoms with E-state index in [4.69, 9.17) is 10.5 Å². The summed E-state index contributed by atoms with van der Waals surface area (Å²) in [5.41, 5.74) is 6.45. The van der Waals surface area contributed by atoms with Gasteiger partial charge in [-0.3, -0.25) is 4.79 Å². The van der Waals surface area contributed by atoms with Crippen LogP contribution in [-0.2, 0) is 0 Å². The van der Waals surface area contributed by atoms with Gasteiger partial charge in [0.25, 0.3) is 5.91 Å². The number of benzene rings is 2. The van der Waals surface area contributed by atoms with Crippen LogP contribution in [0.2, 0.25) is 0 Å². The molecule has 0 spiro atoms. The molecule has 0 bridgehead atoms. The van der Waals surface area contributed by atoms with E-state index < -0.39 is 11.7 Å². The van der Waals surface area contributed by atoms with Crippen molar-refractivity contribution in [2.45, 2.75) is 0 Å². The molecule has 0 fully saturated rings. The standard InChI is InChI=1S/C14H12BrFN2O2/c1-20-12-6-5-8(17)7-11(12)18-14(19)9-3-2-4-10(15)13(9)16/h2-7H,17H2,1H3,(H,18,19). The number of rotatable bonds is 3. The van der Waals surface area contributed by atoms with Gasteiger partial charge < -0.3 is 15.8 Å². The SMILES string of the molecule is COc1ccc(N)cc1NC(=O)c1cccc(Br)c1F. The maximum absolute atomic E-state index is 13.9. The van der Waals surface area contributed by atoms with E-state index >= 15 is 0 Å². The van der Waals surface area contributed by atoms with Crippen LogP contribution < -0.4 is 15.8 Å². The largest absolute Gasteiger partial charge is 0.495 e. The van der Waals surface area contributed by atoms with E-state index in [1.807, 2.05) is 0 Å². The molecule has 2 aromatic carbocycles. The minimum absolute atomic E-state index is 0.0659. The van der Waals surface area contributed by atoms with Gasteiger partial charge >= 0.3 is 0 Å². The number of anilines is 2. The summed E-state index contributed by atoms with van der Waals surface area (Å²) in [5.74, 6) is -0.747. The van der Waals surface area contributed by atoms with E-state index in [0.29, 0.717) is 17.1 Å². The molecule has 3 N–H and O–H groups in total. The number of hydrogen-bond donors (Lipinski definition) is 2. The number of amides is 1. The van der Waals surface area contributed by atoms with Crippen LogP contribution in [0.25, 0.3) is 0 Å². The number of ether oxygens (including phenoxy) is 1. The monoisotopic (exact) mass is 338 g/mol. The van der Waals surface area contributed by atoms with Gasteiger partial charge in [-0.15, -0.1) is 0 Å². The number of methoxy groups -OCH3 is 1. The third-order valence-electron chi connectivity index (χ3n) is 2.67. The number of nitrogens with two attached hydrogens (primary N) is 1. The Balaban J connectivity index is 2.32. The number of nitrogen functional groups attached to an aromatic ring is 1. The quantitative estimate of drug-likeness (QED) is 0.842. The molecule has 0 saturated carbocycles. The van der Waals surface area contributed by atoms with E-state index in [2.05, 4.69) is 21.2 Å². The highest BCUT2D eigenvalue weighted by Crippen LogP contribution is 2.27. The number of carbonyl (C=O) groups excluding carboxylic acids is 1. The zero-order valence-corrected chi connectivity index (χ0v) is 12.2. The van der Waals surface area contributed by atoms with Crippen molar-refractivity contribution in [2.75, 3.05) is 18.2 Å². The fourth-order valence-corrected chi connectivity index (χ4v) is 2.06. The molecule has 6 heteroatoms. The summed E-state index contributed by atoms with van der Waals surface area (Å²) in [6.45, 7) is 0. The van der Waals surface area contributed by atoms with E-state index in [-0.39, 0.29) is 10.0 Å². The molecule has 0 saturated heterocycles. The molecule has 104 valence electrons. The normalized spacial score (nSPS) is 10.2. The van der Waals surface area contributed by atoms with Crippen molar-refractivity contribution >= 4 is 33.2 Å². The second-order valence-corrected chi connectivity index (χ2v) is 4.87.